The van der Waals surface area contributed by atoms with E-state index in [0.717, 1.165) is 22.6 Å². The monoisotopic (exact) mass is 356 g/mol. The number of benzene rings is 1. The van der Waals surface area contributed by atoms with Crippen molar-refractivity contribution in [1.82, 2.24) is 24.8 Å². The number of aromatic nitrogens is 4. The molecule has 0 aliphatic carbocycles. The fourth-order valence-electron chi connectivity index (χ4n) is 2.90. The molecule has 0 saturated heterocycles. The van der Waals surface area contributed by atoms with Crippen LogP contribution in [0, 0.1) is 6.92 Å². The first-order valence-corrected chi connectivity index (χ1v) is 8.28. The minimum absolute atomic E-state index is 0.0105. The number of amides is 1. The highest BCUT2D eigenvalue weighted by Gasteiger charge is 2.15. The van der Waals surface area contributed by atoms with Crippen LogP contribution in [0.3, 0.4) is 0 Å². The number of alkyl halides is 1. The molecular weight excluding hydrogens is 335 g/mol. The van der Waals surface area contributed by atoms with Crippen molar-refractivity contribution in [2.24, 2.45) is 0 Å². The van der Waals surface area contributed by atoms with Crippen molar-refractivity contribution >= 4 is 22.8 Å². The predicted molar refractivity (Wildman–Crippen MR) is 98.2 cm³/mol. The largest absolute Gasteiger partial charge is 0.362 e. The summed E-state index contributed by atoms with van der Waals surface area (Å²) in [6.45, 7) is 1.89. The highest BCUT2D eigenvalue weighted by Crippen LogP contribution is 2.21. The van der Waals surface area contributed by atoms with Gasteiger partial charge in [-0.15, -0.1) is 0 Å². The van der Waals surface area contributed by atoms with E-state index in [4.69, 9.17) is 0 Å². The number of anilines is 1. The summed E-state index contributed by atoms with van der Waals surface area (Å²) < 4.78 is 14.2. The molecule has 0 aliphatic rings. The third-order valence-corrected chi connectivity index (χ3v) is 4.18. The van der Waals surface area contributed by atoms with Gasteiger partial charge in [-0.05, 0) is 19.1 Å². The lowest BCUT2D eigenvalue weighted by atomic mass is 10.1. The number of hydrogen-bond acceptors (Lipinski definition) is 5. The molecule has 3 rings (SSSR count). The average molecular weight is 356 g/mol. The van der Waals surface area contributed by atoms with E-state index in [-0.39, 0.29) is 12.5 Å². The molecule has 3 aromatic rings. The second-order valence-electron chi connectivity index (χ2n) is 6.15. The Balaban J connectivity index is 1.96. The molecule has 1 amide bonds. The van der Waals surface area contributed by atoms with Crippen LogP contribution in [0.5, 0.6) is 0 Å². The average Bonchev–Trinajstić information content (AvgIpc) is 3.04. The Morgan fingerprint density at radius 2 is 2.08 bits per heavy atom. The van der Waals surface area contributed by atoms with Gasteiger partial charge in [-0.1, -0.05) is 6.07 Å². The van der Waals surface area contributed by atoms with E-state index < -0.39 is 6.67 Å². The minimum atomic E-state index is -0.600. The molecule has 7 nitrogen and oxygen atoms in total. The van der Waals surface area contributed by atoms with Crippen molar-refractivity contribution in [3.63, 3.8) is 0 Å². The SMILES string of the molecule is Cc1c(Cn2cnc3c(C(=O)NCCF)cccc32)ncnc1N(C)C. The number of hydrogen-bond donors (Lipinski definition) is 1. The Kier molecular flexibility index (Phi) is 5.11. The third-order valence-electron chi connectivity index (χ3n) is 4.18. The molecule has 2 heterocycles. The summed E-state index contributed by atoms with van der Waals surface area (Å²) in [6.07, 6.45) is 3.24. The van der Waals surface area contributed by atoms with Gasteiger partial charge in [0.15, 0.2) is 0 Å². The van der Waals surface area contributed by atoms with Crippen LogP contribution < -0.4 is 10.2 Å². The Bertz CT molecular complexity index is 937. The zero-order chi connectivity index (χ0) is 18.7. The molecule has 1 aromatic carbocycles. The van der Waals surface area contributed by atoms with E-state index in [1.165, 1.54) is 0 Å². The van der Waals surface area contributed by atoms with E-state index in [0.29, 0.717) is 17.6 Å². The normalized spacial score (nSPS) is 10.9. The standard InChI is InChI=1S/C18H21FN6O/c1-12-14(21-10-22-17(12)24(2)3)9-25-11-23-16-13(5-4-6-15(16)25)18(26)20-8-7-19/h4-6,10-11H,7-9H2,1-3H3,(H,20,26). The number of fused-ring (bicyclic) bond motifs is 1. The first-order valence-electron chi connectivity index (χ1n) is 8.28. The number of nitrogens with one attached hydrogen (secondary N) is 1. The van der Waals surface area contributed by atoms with Gasteiger partial charge in [0.2, 0.25) is 0 Å². The van der Waals surface area contributed by atoms with Crippen LogP contribution in [0.2, 0.25) is 0 Å². The van der Waals surface area contributed by atoms with Gasteiger partial charge < -0.3 is 14.8 Å². The van der Waals surface area contributed by atoms with Gasteiger partial charge in [-0.3, -0.25) is 4.79 Å². The summed E-state index contributed by atoms with van der Waals surface area (Å²) in [5.41, 5.74) is 3.72. The van der Waals surface area contributed by atoms with Crippen LogP contribution in [0.1, 0.15) is 21.6 Å². The van der Waals surface area contributed by atoms with E-state index in [9.17, 15) is 9.18 Å². The highest BCUT2D eigenvalue weighted by atomic mass is 19.1. The molecule has 136 valence electrons. The lowest BCUT2D eigenvalue weighted by molar-refractivity contribution is 0.0952. The van der Waals surface area contributed by atoms with Gasteiger partial charge in [0.05, 0.1) is 29.6 Å². The summed E-state index contributed by atoms with van der Waals surface area (Å²) in [4.78, 5) is 27.2. The minimum Gasteiger partial charge on any atom is -0.362 e. The van der Waals surface area contributed by atoms with Gasteiger partial charge in [0.1, 0.15) is 24.3 Å². The first-order chi connectivity index (χ1) is 12.5. The van der Waals surface area contributed by atoms with Gasteiger partial charge in [-0.25, -0.2) is 19.3 Å². The number of rotatable bonds is 6. The summed E-state index contributed by atoms with van der Waals surface area (Å²) in [7, 11) is 3.88. The molecule has 26 heavy (non-hydrogen) atoms. The van der Waals surface area contributed by atoms with Gasteiger partial charge in [0.25, 0.3) is 5.91 Å². The zero-order valence-corrected chi connectivity index (χ0v) is 15.0. The summed E-state index contributed by atoms with van der Waals surface area (Å²) >= 11 is 0. The molecule has 0 saturated carbocycles. The highest BCUT2D eigenvalue weighted by molar-refractivity contribution is 6.04. The van der Waals surface area contributed by atoms with Crippen molar-refractivity contribution in [3.8, 4) is 0 Å². The van der Waals surface area contributed by atoms with Crippen LogP contribution in [0.4, 0.5) is 10.2 Å². The molecule has 2 aromatic heterocycles. The maximum atomic E-state index is 12.3. The Morgan fingerprint density at radius 1 is 1.27 bits per heavy atom. The molecular formula is C18H21FN6O. The molecule has 0 aliphatic heterocycles. The number of nitrogens with zero attached hydrogens (tertiary/aromatic N) is 5. The molecule has 1 N–H and O–H groups in total. The van der Waals surface area contributed by atoms with E-state index >= 15 is 0 Å². The fourth-order valence-corrected chi connectivity index (χ4v) is 2.90. The molecule has 8 heteroatoms. The fraction of sp³-hybridized carbons (Fsp3) is 0.333. The Hall–Kier alpha value is -3.03. The van der Waals surface area contributed by atoms with E-state index in [2.05, 4.69) is 20.3 Å². The van der Waals surface area contributed by atoms with Crippen LogP contribution in [-0.2, 0) is 6.54 Å². The molecule has 0 fully saturated rings. The summed E-state index contributed by atoms with van der Waals surface area (Å²) in [5.74, 6) is 0.539. The van der Waals surface area contributed by atoms with Crippen molar-refractivity contribution in [3.05, 3.63) is 47.7 Å². The zero-order valence-electron chi connectivity index (χ0n) is 15.0. The van der Waals surface area contributed by atoms with Crippen LogP contribution in [0.15, 0.2) is 30.9 Å². The smallest absolute Gasteiger partial charge is 0.253 e. The van der Waals surface area contributed by atoms with Gasteiger partial charge >= 0.3 is 0 Å². The summed E-state index contributed by atoms with van der Waals surface area (Å²) in [6, 6.07) is 5.38. The second kappa shape index (κ2) is 7.47. The van der Waals surface area contributed by atoms with Crippen LogP contribution in [-0.4, -0.2) is 52.7 Å². The van der Waals surface area contributed by atoms with E-state index in [1.807, 2.05) is 36.6 Å². The Morgan fingerprint density at radius 3 is 2.81 bits per heavy atom. The molecule has 0 bridgehead atoms. The predicted octanol–water partition coefficient (Wildman–Crippen LogP) is 1.95. The lowest BCUT2D eigenvalue weighted by Gasteiger charge is -2.16. The number of carbonyl (C=O) groups excluding carboxylic acids is 1. The number of halogens is 1. The molecule has 0 spiro atoms. The van der Waals surface area contributed by atoms with Crippen molar-refractivity contribution in [2.45, 2.75) is 13.5 Å². The van der Waals surface area contributed by atoms with Gasteiger partial charge in [0, 0.05) is 26.2 Å². The number of carbonyl (C=O) groups is 1. The molecule has 0 unspecified atom stereocenters. The lowest BCUT2D eigenvalue weighted by Crippen LogP contribution is -2.25. The third kappa shape index (κ3) is 3.35. The second-order valence-corrected chi connectivity index (χ2v) is 6.15. The maximum Gasteiger partial charge on any atom is 0.253 e. The Labute approximate surface area is 150 Å². The van der Waals surface area contributed by atoms with Crippen LogP contribution >= 0.6 is 0 Å². The maximum absolute atomic E-state index is 12.3. The van der Waals surface area contributed by atoms with Crippen molar-refractivity contribution < 1.29 is 9.18 Å². The van der Waals surface area contributed by atoms with E-state index in [1.54, 1.807) is 24.8 Å². The number of para-hydroxylation sites is 1. The molecule has 0 atom stereocenters. The first kappa shape index (κ1) is 17.8. The topological polar surface area (TPSA) is 75.9 Å². The van der Waals surface area contributed by atoms with Crippen molar-refractivity contribution in [1.29, 1.82) is 0 Å². The number of imidazole rings is 1. The molecule has 0 radical (unpaired) electrons. The summed E-state index contributed by atoms with van der Waals surface area (Å²) in [5, 5.41) is 2.54. The van der Waals surface area contributed by atoms with Gasteiger partial charge in [-0.2, -0.15) is 0 Å². The van der Waals surface area contributed by atoms with Crippen molar-refractivity contribution in [2.75, 3.05) is 32.2 Å². The quantitative estimate of drug-likeness (QED) is 0.731. The van der Waals surface area contributed by atoms with Crippen LogP contribution in [0.25, 0.3) is 11.0 Å².